The van der Waals surface area contributed by atoms with Gasteiger partial charge in [-0.15, -0.1) is 0 Å². The minimum absolute atomic E-state index is 0.223. The van der Waals surface area contributed by atoms with Gasteiger partial charge in [-0.05, 0) is 40.8 Å². The first kappa shape index (κ1) is 18.3. The molecule has 0 N–H and O–H groups in total. The Morgan fingerprint density at radius 2 is 1.44 bits per heavy atom. The number of carbonyl (C=O) groups is 2. The molecule has 0 fully saturated rings. The van der Waals surface area contributed by atoms with E-state index in [9.17, 15) is 9.59 Å². The number of rotatable bonds is 7. The third kappa shape index (κ3) is 5.51. The summed E-state index contributed by atoms with van der Waals surface area (Å²) in [6.45, 7) is 0.223. The molecule has 3 aromatic rings. The van der Waals surface area contributed by atoms with Gasteiger partial charge in [0, 0.05) is 11.6 Å². The van der Waals surface area contributed by atoms with Gasteiger partial charge in [0.2, 0.25) is 0 Å². The summed E-state index contributed by atoms with van der Waals surface area (Å²) < 4.78 is 5.21. The van der Waals surface area contributed by atoms with Crippen LogP contribution in [-0.2, 0) is 22.6 Å². The van der Waals surface area contributed by atoms with Crippen LogP contribution in [0.25, 0.3) is 6.08 Å². The lowest BCUT2D eigenvalue weighted by molar-refractivity contribution is -0.138. The second-order valence-electron chi connectivity index (χ2n) is 6.17. The molecule has 134 valence electrons. The Kier molecular flexibility index (Phi) is 6.31. The van der Waals surface area contributed by atoms with E-state index in [1.807, 2.05) is 66.7 Å². The van der Waals surface area contributed by atoms with E-state index in [2.05, 4.69) is 12.1 Å². The fraction of sp³-hybridized carbons (Fsp3) is 0.0833. The molecule has 0 aliphatic carbocycles. The molecule has 27 heavy (non-hydrogen) atoms. The molecular formula is C24H20O3. The zero-order chi connectivity index (χ0) is 18.9. The monoisotopic (exact) mass is 356 g/mol. The number of carbonyl (C=O) groups excluding carboxylic acids is 2. The van der Waals surface area contributed by atoms with Gasteiger partial charge in [-0.3, -0.25) is 4.79 Å². The second-order valence-corrected chi connectivity index (χ2v) is 6.17. The molecule has 0 unspecified atom stereocenters. The van der Waals surface area contributed by atoms with Crippen LogP contribution in [0.4, 0.5) is 0 Å². The van der Waals surface area contributed by atoms with Crippen molar-refractivity contribution in [1.82, 2.24) is 0 Å². The molecule has 0 amide bonds. The average Bonchev–Trinajstić information content (AvgIpc) is 2.72. The maximum Gasteiger partial charge on any atom is 0.331 e. The van der Waals surface area contributed by atoms with Crippen molar-refractivity contribution in [3.63, 3.8) is 0 Å². The van der Waals surface area contributed by atoms with Crippen LogP contribution in [-0.4, -0.2) is 12.3 Å². The van der Waals surface area contributed by atoms with Crippen LogP contribution in [0.3, 0.4) is 0 Å². The van der Waals surface area contributed by atoms with Crippen LogP contribution in [0, 0.1) is 0 Å². The summed E-state index contributed by atoms with van der Waals surface area (Å²) in [5.74, 6) is -0.441. The van der Waals surface area contributed by atoms with Crippen molar-refractivity contribution in [2.45, 2.75) is 13.0 Å². The Labute approximate surface area is 158 Å². The van der Waals surface area contributed by atoms with Gasteiger partial charge in [0.15, 0.2) is 6.29 Å². The van der Waals surface area contributed by atoms with Crippen LogP contribution in [0.15, 0.2) is 84.9 Å². The van der Waals surface area contributed by atoms with Crippen molar-refractivity contribution in [3.8, 4) is 0 Å². The second kappa shape index (κ2) is 9.30. The van der Waals surface area contributed by atoms with Gasteiger partial charge in [-0.25, -0.2) is 4.79 Å². The predicted molar refractivity (Wildman–Crippen MR) is 106 cm³/mol. The molecule has 0 atom stereocenters. The summed E-state index contributed by atoms with van der Waals surface area (Å²) in [5.41, 5.74) is 4.40. The van der Waals surface area contributed by atoms with E-state index in [0.29, 0.717) is 11.1 Å². The summed E-state index contributed by atoms with van der Waals surface area (Å²) >= 11 is 0. The number of esters is 1. The Morgan fingerprint density at radius 3 is 2.11 bits per heavy atom. The van der Waals surface area contributed by atoms with E-state index in [1.54, 1.807) is 6.08 Å². The highest BCUT2D eigenvalue weighted by atomic mass is 16.5. The quantitative estimate of drug-likeness (QED) is 0.345. The summed E-state index contributed by atoms with van der Waals surface area (Å²) in [6, 6.07) is 25.2. The largest absolute Gasteiger partial charge is 0.458 e. The maximum absolute atomic E-state index is 11.9. The van der Waals surface area contributed by atoms with Crippen molar-refractivity contribution < 1.29 is 14.3 Å². The fourth-order valence-corrected chi connectivity index (χ4v) is 2.75. The van der Waals surface area contributed by atoms with Crippen LogP contribution in [0.5, 0.6) is 0 Å². The summed E-state index contributed by atoms with van der Waals surface area (Å²) in [6.07, 6.45) is 4.53. The van der Waals surface area contributed by atoms with Crippen LogP contribution >= 0.6 is 0 Å². The first-order chi connectivity index (χ1) is 13.2. The SMILES string of the molecule is O=Cc1cc(Cc2ccccc2)ccc1/C=C/C(=O)OCc1ccccc1. The molecule has 3 nitrogen and oxygen atoms in total. The summed E-state index contributed by atoms with van der Waals surface area (Å²) in [5, 5.41) is 0. The lowest BCUT2D eigenvalue weighted by atomic mass is 9.99. The summed E-state index contributed by atoms with van der Waals surface area (Å²) in [7, 11) is 0. The van der Waals surface area contributed by atoms with Crippen molar-refractivity contribution in [2.75, 3.05) is 0 Å². The topological polar surface area (TPSA) is 43.4 Å². The standard InChI is InChI=1S/C24H20O3/c25-17-23-16-21(15-19-7-3-1-4-8-19)11-12-22(23)13-14-24(26)27-18-20-9-5-2-6-10-20/h1-14,16-17H,15,18H2/b14-13+. The molecular weight excluding hydrogens is 336 g/mol. The first-order valence-electron chi connectivity index (χ1n) is 8.75. The van der Waals surface area contributed by atoms with Crippen molar-refractivity contribution in [3.05, 3.63) is 113 Å². The van der Waals surface area contributed by atoms with E-state index in [0.717, 1.165) is 23.8 Å². The Hall–Kier alpha value is -3.46. The highest BCUT2D eigenvalue weighted by Gasteiger charge is 2.04. The number of benzene rings is 3. The molecule has 0 spiro atoms. The molecule has 0 aromatic heterocycles. The van der Waals surface area contributed by atoms with Gasteiger partial charge in [0.1, 0.15) is 6.61 Å². The smallest absolute Gasteiger partial charge is 0.331 e. The Balaban J connectivity index is 1.64. The fourth-order valence-electron chi connectivity index (χ4n) is 2.75. The molecule has 0 heterocycles. The Bertz CT molecular complexity index is 928. The van der Waals surface area contributed by atoms with Crippen LogP contribution < -0.4 is 0 Å². The first-order valence-corrected chi connectivity index (χ1v) is 8.75. The average molecular weight is 356 g/mol. The molecule has 0 aliphatic heterocycles. The highest BCUT2D eigenvalue weighted by molar-refractivity contribution is 5.90. The molecule has 0 saturated carbocycles. The molecule has 0 aliphatic rings. The zero-order valence-electron chi connectivity index (χ0n) is 14.9. The maximum atomic E-state index is 11.9. The molecule has 0 radical (unpaired) electrons. The van der Waals surface area contributed by atoms with E-state index in [-0.39, 0.29) is 6.61 Å². The van der Waals surface area contributed by atoms with Crippen LogP contribution in [0.1, 0.15) is 32.6 Å². The lowest BCUT2D eigenvalue weighted by Gasteiger charge is -2.06. The molecule has 3 rings (SSSR count). The van der Waals surface area contributed by atoms with Gasteiger partial charge in [0.05, 0.1) is 0 Å². The number of aldehydes is 1. The number of ether oxygens (including phenoxy) is 1. The van der Waals surface area contributed by atoms with E-state index in [1.165, 1.54) is 11.6 Å². The highest BCUT2D eigenvalue weighted by Crippen LogP contribution is 2.16. The van der Waals surface area contributed by atoms with Crippen molar-refractivity contribution in [1.29, 1.82) is 0 Å². The normalized spacial score (nSPS) is 10.7. The molecule has 3 heteroatoms. The van der Waals surface area contributed by atoms with E-state index >= 15 is 0 Å². The lowest BCUT2D eigenvalue weighted by Crippen LogP contribution is -2.00. The molecule has 0 bridgehead atoms. The Morgan fingerprint density at radius 1 is 0.778 bits per heavy atom. The van der Waals surface area contributed by atoms with Crippen molar-refractivity contribution >= 4 is 18.3 Å². The number of hydrogen-bond acceptors (Lipinski definition) is 3. The van der Waals surface area contributed by atoms with Crippen LogP contribution in [0.2, 0.25) is 0 Å². The number of hydrogen-bond donors (Lipinski definition) is 0. The van der Waals surface area contributed by atoms with Crippen molar-refractivity contribution in [2.24, 2.45) is 0 Å². The van der Waals surface area contributed by atoms with Gasteiger partial charge in [0.25, 0.3) is 0 Å². The molecule has 0 saturated heterocycles. The van der Waals surface area contributed by atoms with Gasteiger partial charge in [-0.1, -0.05) is 72.8 Å². The van der Waals surface area contributed by atoms with Gasteiger partial charge in [-0.2, -0.15) is 0 Å². The van der Waals surface area contributed by atoms with E-state index in [4.69, 9.17) is 4.74 Å². The minimum atomic E-state index is -0.441. The summed E-state index contributed by atoms with van der Waals surface area (Å²) in [4.78, 5) is 23.3. The van der Waals surface area contributed by atoms with E-state index < -0.39 is 5.97 Å². The minimum Gasteiger partial charge on any atom is -0.458 e. The predicted octanol–water partition coefficient (Wildman–Crippen LogP) is 4.85. The third-order valence-electron chi connectivity index (χ3n) is 4.15. The van der Waals surface area contributed by atoms with Gasteiger partial charge < -0.3 is 4.74 Å². The van der Waals surface area contributed by atoms with Gasteiger partial charge >= 0.3 is 5.97 Å². The zero-order valence-corrected chi connectivity index (χ0v) is 14.9. The third-order valence-corrected chi connectivity index (χ3v) is 4.15. The molecule has 3 aromatic carbocycles.